The highest BCUT2D eigenvalue weighted by molar-refractivity contribution is 6.33. The molecule has 0 aromatic carbocycles. The first-order valence-corrected chi connectivity index (χ1v) is 5.70. The largest absolute Gasteiger partial charge is 0.377 e. The molecule has 7 heteroatoms. The molecule has 1 amide bonds. The number of nitriles is 1. The van der Waals surface area contributed by atoms with E-state index in [1.807, 2.05) is 6.07 Å². The number of rotatable bonds is 2. The lowest BCUT2D eigenvalue weighted by molar-refractivity contribution is -0.121. The van der Waals surface area contributed by atoms with E-state index in [0.717, 1.165) is 0 Å². The fraction of sp³-hybridized carbons (Fsp3) is 0.364. The molecule has 18 heavy (non-hydrogen) atoms. The Balaban J connectivity index is 2.34. The summed E-state index contributed by atoms with van der Waals surface area (Å²) in [6.07, 6.45) is 1.41. The molecule has 1 saturated heterocycles. The van der Waals surface area contributed by atoms with Crippen LogP contribution in [0.25, 0.3) is 0 Å². The number of aromatic nitrogens is 1. The van der Waals surface area contributed by atoms with E-state index in [9.17, 15) is 4.79 Å². The molecule has 2 heterocycles. The number of pyridine rings is 1. The van der Waals surface area contributed by atoms with Crippen LogP contribution in [-0.2, 0) is 9.53 Å². The highest BCUT2D eigenvalue weighted by Crippen LogP contribution is 2.26. The van der Waals surface area contributed by atoms with Gasteiger partial charge in [-0.2, -0.15) is 5.26 Å². The molecule has 1 aromatic heterocycles. The summed E-state index contributed by atoms with van der Waals surface area (Å²) in [4.78, 5) is 17.2. The molecule has 0 spiro atoms. The highest BCUT2D eigenvalue weighted by atomic mass is 35.5. The topological polar surface area (TPSA) is 92.2 Å². The van der Waals surface area contributed by atoms with Crippen LogP contribution in [-0.4, -0.2) is 36.7 Å². The normalized spacial score (nSPS) is 19.3. The molecule has 0 unspecified atom stereocenters. The van der Waals surface area contributed by atoms with E-state index in [1.165, 1.54) is 12.3 Å². The number of hydrogen-bond donors (Lipinski definition) is 1. The van der Waals surface area contributed by atoms with Crippen LogP contribution in [0.15, 0.2) is 12.3 Å². The SMILES string of the molecule is N#Cc1cnc(N2CCOC[C@H]2C(N)=O)c(Cl)c1. The predicted octanol–water partition coefficient (Wildman–Crippen LogP) is 0.297. The maximum absolute atomic E-state index is 11.3. The van der Waals surface area contributed by atoms with Crippen molar-refractivity contribution < 1.29 is 9.53 Å². The third kappa shape index (κ3) is 2.37. The lowest BCUT2D eigenvalue weighted by Gasteiger charge is -2.34. The number of carbonyl (C=O) groups excluding carboxylic acids is 1. The van der Waals surface area contributed by atoms with Gasteiger partial charge in [0.25, 0.3) is 0 Å². The zero-order valence-corrected chi connectivity index (χ0v) is 10.2. The first-order valence-electron chi connectivity index (χ1n) is 5.33. The Morgan fingerprint density at radius 2 is 2.50 bits per heavy atom. The summed E-state index contributed by atoms with van der Waals surface area (Å²) < 4.78 is 5.21. The highest BCUT2D eigenvalue weighted by Gasteiger charge is 2.30. The molecular formula is C11H11ClN4O2. The molecule has 94 valence electrons. The third-order valence-electron chi connectivity index (χ3n) is 2.68. The van der Waals surface area contributed by atoms with E-state index in [0.29, 0.717) is 29.6 Å². The summed E-state index contributed by atoms with van der Waals surface area (Å²) in [6, 6.07) is 2.88. The van der Waals surface area contributed by atoms with Crippen LogP contribution in [0.4, 0.5) is 5.82 Å². The Morgan fingerprint density at radius 1 is 1.72 bits per heavy atom. The number of halogens is 1. The average molecular weight is 267 g/mol. The quantitative estimate of drug-likeness (QED) is 0.831. The number of carbonyl (C=O) groups is 1. The summed E-state index contributed by atoms with van der Waals surface area (Å²) in [5.41, 5.74) is 5.69. The van der Waals surface area contributed by atoms with E-state index in [1.54, 1.807) is 4.90 Å². The van der Waals surface area contributed by atoms with Gasteiger partial charge in [-0.1, -0.05) is 11.6 Å². The molecule has 1 aliphatic rings. The number of morpholine rings is 1. The fourth-order valence-electron chi connectivity index (χ4n) is 1.80. The van der Waals surface area contributed by atoms with Gasteiger partial charge in [-0.3, -0.25) is 4.79 Å². The summed E-state index contributed by atoms with van der Waals surface area (Å²) >= 11 is 6.06. The molecule has 0 aliphatic carbocycles. The van der Waals surface area contributed by atoms with Crippen molar-refractivity contribution in [1.29, 1.82) is 5.26 Å². The van der Waals surface area contributed by atoms with Crippen molar-refractivity contribution in [1.82, 2.24) is 4.98 Å². The van der Waals surface area contributed by atoms with E-state index in [2.05, 4.69) is 4.98 Å². The van der Waals surface area contributed by atoms with Crippen LogP contribution < -0.4 is 10.6 Å². The minimum atomic E-state index is -0.586. The molecule has 1 fully saturated rings. The van der Waals surface area contributed by atoms with Gasteiger partial charge in [0.2, 0.25) is 5.91 Å². The third-order valence-corrected chi connectivity index (χ3v) is 2.96. The smallest absolute Gasteiger partial charge is 0.242 e. The van der Waals surface area contributed by atoms with Crippen molar-refractivity contribution in [2.24, 2.45) is 5.73 Å². The van der Waals surface area contributed by atoms with Crippen LogP contribution in [0, 0.1) is 11.3 Å². The lowest BCUT2D eigenvalue weighted by atomic mass is 10.2. The van der Waals surface area contributed by atoms with Gasteiger partial charge in [-0.05, 0) is 6.07 Å². The number of amides is 1. The minimum Gasteiger partial charge on any atom is -0.377 e. The Kier molecular flexibility index (Phi) is 3.65. The van der Waals surface area contributed by atoms with Crippen LogP contribution in [0.1, 0.15) is 5.56 Å². The Morgan fingerprint density at radius 3 is 3.11 bits per heavy atom. The number of ether oxygens (including phenoxy) is 1. The first-order chi connectivity index (χ1) is 8.63. The Bertz CT molecular complexity index is 514. The predicted molar refractivity (Wildman–Crippen MR) is 65.1 cm³/mol. The summed E-state index contributed by atoms with van der Waals surface area (Å²) in [5, 5.41) is 9.07. The zero-order chi connectivity index (χ0) is 13.1. The summed E-state index contributed by atoms with van der Waals surface area (Å²) in [6.45, 7) is 1.17. The average Bonchev–Trinajstić information content (AvgIpc) is 2.38. The van der Waals surface area contributed by atoms with E-state index < -0.39 is 11.9 Å². The monoisotopic (exact) mass is 266 g/mol. The van der Waals surface area contributed by atoms with Gasteiger partial charge in [-0.25, -0.2) is 4.98 Å². The maximum Gasteiger partial charge on any atom is 0.242 e. The summed E-state index contributed by atoms with van der Waals surface area (Å²) in [7, 11) is 0. The minimum absolute atomic E-state index is 0.216. The molecule has 0 saturated carbocycles. The number of anilines is 1. The van der Waals surface area contributed by atoms with Crippen molar-refractivity contribution in [3.8, 4) is 6.07 Å². The van der Waals surface area contributed by atoms with Crippen LogP contribution in [0.3, 0.4) is 0 Å². The Hall–Kier alpha value is -1.84. The van der Waals surface area contributed by atoms with Gasteiger partial charge in [0.1, 0.15) is 17.9 Å². The second-order valence-corrected chi connectivity index (χ2v) is 4.23. The molecule has 0 radical (unpaired) electrons. The number of nitrogens with zero attached hydrogens (tertiary/aromatic N) is 3. The maximum atomic E-state index is 11.3. The van der Waals surface area contributed by atoms with Crippen molar-refractivity contribution in [3.05, 3.63) is 22.8 Å². The first kappa shape index (κ1) is 12.6. The van der Waals surface area contributed by atoms with Gasteiger partial charge in [0, 0.05) is 12.7 Å². The van der Waals surface area contributed by atoms with Crippen LogP contribution in [0.2, 0.25) is 5.02 Å². The number of nitrogens with two attached hydrogens (primary N) is 1. The fourth-order valence-corrected chi connectivity index (χ4v) is 2.07. The number of primary amides is 1. The molecule has 6 nitrogen and oxygen atoms in total. The molecule has 1 aliphatic heterocycles. The molecule has 2 N–H and O–H groups in total. The van der Waals surface area contributed by atoms with Crippen molar-refractivity contribution >= 4 is 23.3 Å². The van der Waals surface area contributed by atoms with Crippen molar-refractivity contribution in [3.63, 3.8) is 0 Å². The van der Waals surface area contributed by atoms with E-state index in [-0.39, 0.29) is 6.61 Å². The molecular weight excluding hydrogens is 256 g/mol. The van der Waals surface area contributed by atoms with Gasteiger partial charge in [0.15, 0.2) is 0 Å². The van der Waals surface area contributed by atoms with Gasteiger partial charge < -0.3 is 15.4 Å². The van der Waals surface area contributed by atoms with Gasteiger partial charge in [-0.15, -0.1) is 0 Å². The molecule has 1 atom stereocenters. The second-order valence-electron chi connectivity index (χ2n) is 3.83. The number of hydrogen-bond acceptors (Lipinski definition) is 5. The summed E-state index contributed by atoms with van der Waals surface area (Å²) in [5.74, 6) is -0.0420. The van der Waals surface area contributed by atoms with Crippen molar-refractivity contribution in [2.75, 3.05) is 24.7 Å². The van der Waals surface area contributed by atoms with Crippen LogP contribution in [0.5, 0.6) is 0 Å². The molecule has 1 aromatic rings. The zero-order valence-electron chi connectivity index (χ0n) is 9.47. The lowest BCUT2D eigenvalue weighted by Crippen LogP contribution is -2.53. The second kappa shape index (κ2) is 5.21. The molecule has 2 rings (SSSR count). The van der Waals surface area contributed by atoms with Crippen LogP contribution >= 0.6 is 11.6 Å². The van der Waals surface area contributed by atoms with Crippen molar-refractivity contribution in [2.45, 2.75) is 6.04 Å². The molecule has 0 bridgehead atoms. The van der Waals surface area contributed by atoms with Gasteiger partial charge >= 0.3 is 0 Å². The Labute approximate surface area is 109 Å². The standard InChI is InChI=1S/C11H11ClN4O2/c12-8-3-7(4-13)5-15-11(8)16-1-2-18-6-9(16)10(14)17/h3,5,9H,1-2,6H2,(H2,14,17)/t9-/m0/s1. The van der Waals surface area contributed by atoms with Gasteiger partial charge in [0.05, 0.1) is 23.8 Å². The van der Waals surface area contributed by atoms with E-state index >= 15 is 0 Å². The van der Waals surface area contributed by atoms with E-state index in [4.69, 9.17) is 27.3 Å².